The summed E-state index contributed by atoms with van der Waals surface area (Å²) in [7, 11) is 1.67. The number of nitrogens with zero attached hydrogens (tertiary/aromatic N) is 2. The van der Waals surface area contributed by atoms with E-state index in [-0.39, 0.29) is 0 Å². The number of imidazole rings is 1. The average Bonchev–Trinajstić information content (AvgIpc) is 2.89. The summed E-state index contributed by atoms with van der Waals surface area (Å²) in [6, 6.07) is 14.0. The largest absolute Gasteiger partial charge is 0.497 e. The normalized spacial score (nSPS) is 11.2. The first-order chi connectivity index (χ1) is 9.36. The molecule has 3 rings (SSSR count). The Labute approximate surface area is 111 Å². The van der Waals surface area contributed by atoms with Crippen molar-refractivity contribution >= 4 is 17.7 Å². The Kier molecular flexibility index (Phi) is 3.02. The molecule has 0 aliphatic carbocycles. The molecule has 94 valence electrons. The van der Waals surface area contributed by atoms with Gasteiger partial charge >= 0.3 is 0 Å². The van der Waals surface area contributed by atoms with Crippen molar-refractivity contribution in [1.82, 2.24) is 9.38 Å². The maximum absolute atomic E-state index is 5.14. The Morgan fingerprint density at radius 2 is 1.89 bits per heavy atom. The second kappa shape index (κ2) is 4.98. The number of hydrogen-bond donors (Lipinski definition) is 0. The van der Waals surface area contributed by atoms with E-state index in [0.717, 1.165) is 22.7 Å². The molecular weight excluding hydrogens is 236 g/mol. The third-order valence-corrected chi connectivity index (χ3v) is 3.01. The van der Waals surface area contributed by atoms with Crippen LogP contribution in [-0.4, -0.2) is 16.5 Å². The van der Waals surface area contributed by atoms with Crippen LogP contribution in [0.5, 0.6) is 5.75 Å². The van der Waals surface area contributed by atoms with Crippen LogP contribution in [0, 0.1) is 0 Å². The van der Waals surface area contributed by atoms with Gasteiger partial charge in [-0.15, -0.1) is 0 Å². The SMILES string of the molecule is COc1ccc(C=Cc2ncc3ccccn23)cc1. The number of benzene rings is 1. The summed E-state index contributed by atoms with van der Waals surface area (Å²) in [6.07, 6.45) is 7.93. The topological polar surface area (TPSA) is 26.5 Å². The van der Waals surface area contributed by atoms with E-state index in [1.165, 1.54) is 0 Å². The van der Waals surface area contributed by atoms with E-state index < -0.39 is 0 Å². The Morgan fingerprint density at radius 1 is 1.05 bits per heavy atom. The highest BCUT2D eigenvalue weighted by molar-refractivity contribution is 5.68. The summed E-state index contributed by atoms with van der Waals surface area (Å²) in [6.45, 7) is 0. The number of rotatable bonds is 3. The second-order valence-corrected chi connectivity index (χ2v) is 4.22. The average molecular weight is 250 g/mol. The molecular formula is C16H14N2O. The molecule has 1 aromatic carbocycles. The fraction of sp³-hybridized carbons (Fsp3) is 0.0625. The smallest absolute Gasteiger partial charge is 0.137 e. The predicted molar refractivity (Wildman–Crippen MR) is 77.1 cm³/mol. The van der Waals surface area contributed by atoms with Crippen molar-refractivity contribution in [2.45, 2.75) is 0 Å². The Balaban J connectivity index is 1.89. The molecule has 2 heterocycles. The van der Waals surface area contributed by atoms with Crippen LogP contribution >= 0.6 is 0 Å². The third kappa shape index (κ3) is 2.36. The lowest BCUT2D eigenvalue weighted by atomic mass is 10.2. The number of fused-ring (bicyclic) bond motifs is 1. The van der Waals surface area contributed by atoms with Crippen molar-refractivity contribution in [3.8, 4) is 5.75 Å². The number of hydrogen-bond acceptors (Lipinski definition) is 2. The molecule has 0 amide bonds. The molecule has 3 nitrogen and oxygen atoms in total. The Bertz CT molecular complexity index is 711. The van der Waals surface area contributed by atoms with Crippen LogP contribution in [0.15, 0.2) is 54.9 Å². The zero-order valence-electron chi connectivity index (χ0n) is 10.7. The van der Waals surface area contributed by atoms with Gasteiger partial charge in [-0.05, 0) is 35.9 Å². The molecule has 0 radical (unpaired) electrons. The van der Waals surface area contributed by atoms with Crippen molar-refractivity contribution in [3.05, 3.63) is 66.2 Å². The van der Waals surface area contributed by atoms with Gasteiger partial charge in [0.05, 0.1) is 18.8 Å². The highest BCUT2D eigenvalue weighted by Gasteiger charge is 1.98. The number of ether oxygens (including phenoxy) is 1. The van der Waals surface area contributed by atoms with Gasteiger partial charge in [0.1, 0.15) is 11.6 Å². The van der Waals surface area contributed by atoms with Crippen LogP contribution < -0.4 is 4.74 Å². The molecule has 0 saturated carbocycles. The Morgan fingerprint density at radius 3 is 2.68 bits per heavy atom. The maximum Gasteiger partial charge on any atom is 0.137 e. The zero-order chi connectivity index (χ0) is 13.1. The number of methoxy groups -OCH3 is 1. The van der Waals surface area contributed by atoms with E-state index in [1.54, 1.807) is 7.11 Å². The second-order valence-electron chi connectivity index (χ2n) is 4.22. The number of aromatic nitrogens is 2. The lowest BCUT2D eigenvalue weighted by molar-refractivity contribution is 0.415. The van der Waals surface area contributed by atoms with Gasteiger partial charge in [-0.25, -0.2) is 4.98 Å². The molecule has 0 aliphatic heterocycles. The third-order valence-electron chi connectivity index (χ3n) is 3.01. The number of pyridine rings is 1. The molecule has 0 bridgehead atoms. The molecule has 2 aromatic heterocycles. The van der Waals surface area contributed by atoms with Crippen LogP contribution in [0.2, 0.25) is 0 Å². The lowest BCUT2D eigenvalue weighted by Crippen LogP contribution is -1.86. The van der Waals surface area contributed by atoms with E-state index in [4.69, 9.17) is 4.74 Å². The van der Waals surface area contributed by atoms with Crippen molar-refractivity contribution in [2.24, 2.45) is 0 Å². The summed E-state index contributed by atoms with van der Waals surface area (Å²) in [4.78, 5) is 4.40. The van der Waals surface area contributed by atoms with E-state index in [1.807, 2.05) is 67.0 Å². The minimum atomic E-state index is 0.864. The van der Waals surface area contributed by atoms with Gasteiger partial charge in [-0.2, -0.15) is 0 Å². The van der Waals surface area contributed by atoms with Crippen LogP contribution in [0.3, 0.4) is 0 Å². The zero-order valence-corrected chi connectivity index (χ0v) is 10.7. The van der Waals surface area contributed by atoms with Crippen molar-refractivity contribution in [3.63, 3.8) is 0 Å². The Hall–Kier alpha value is -2.55. The van der Waals surface area contributed by atoms with Gasteiger partial charge in [-0.1, -0.05) is 24.3 Å². The monoisotopic (exact) mass is 250 g/mol. The molecule has 0 spiro atoms. The fourth-order valence-corrected chi connectivity index (χ4v) is 1.97. The molecule has 0 unspecified atom stereocenters. The van der Waals surface area contributed by atoms with Crippen molar-refractivity contribution in [2.75, 3.05) is 7.11 Å². The quantitative estimate of drug-likeness (QED) is 0.711. The minimum absolute atomic E-state index is 0.864. The first-order valence-corrected chi connectivity index (χ1v) is 6.11. The molecule has 0 fully saturated rings. The van der Waals surface area contributed by atoms with Crippen molar-refractivity contribution in [1.29, 1.82) is 0 Å². The van der Waals surface area contributed by atoms with Gasteiger partial charge in [0, 0.05) is 6.20 Å². The highest BCUT2D eigenvalue weighted by atomic mass is 16.5. The molecule has 0 saturated heterocycles. The van der Waals surface area contributed by atoms with Gasteiger partial charge in [0.25, 0.3) is 0 Å². The van der Waals surface area contributed by atoms with Crippen LogP contribution in [-0.2, 0) is 0 Å². The fourth-order valence-electron chi connectivity index (χ4n) is 1.97. The summed E-state index contributed by atoms with van der Waals surface area (Å²) in [5.41, 5.74) is 2.21. The van der Waals surface area contributed by atoms with Crippen molar-refractivity contribution < 1.29 is 4.74 Å². The van der Waals surface area contributed by atoms with Crippen LogP contribution in [0.4, 0.5) is 0 Å². The predicted octanol–water partition coefficient (Wildman–Crippen LogP) is 3.51. The molecule has 0 N–H and O–H groups in total. The summed E-state index contributed by atoms with van der Waals surface area (Å²) in [5, 5.41) is 0. The summed E-state index contributed by atoms with van der Waals surface area (Å²) < 4.78 is 7.19. The molecule has 3 aromatic rings. The first kappa shape index (κ1) is 11.5. The van der Waals surface area contributed by atoms with Gasteiger partial charge < -0.3 is 9.14 Å². The van der Waals surface area contributed by atoms with Gasteiger partial charge in [0.15, 0.2) is 0 Å². The summed E-state index contributed by atoms with van der Waals surface area (Å²) >= 11 is 0. The molecule has 19 heavy (non-hydrogen) atoms. The molecule has 0 aliphatic rings. The maximum atomic E-state index is 5.14. The van der Waals surface area contributed by atoms with Crippen LogP contribution in [0.1, 0.15) is 11.4 Å². The summed E-state index contributed by atoms with van der Waals surface area (Å²) in [5.74, 6) is 1.79. The highest BCUT2D eigenvalue weighted by Crippen LogP contribution is 2.14. The standard InChI is InChI=1S/C16H14N2O/c1-19-15-8-5-13(6-9-15)7-10-16-17-12-14-4-2-3-11-18(14)16/h2-12H,1H3. The van der Waals surface area contributed by atoms with E-state index in [9.17, 15) is 0 Å². The minimum Gasteiger partial charge on any atom is -0.497 e. The molecule has 0 atom stereocenters. The van der Waals surface area contributed by atoms with E-state index >= 15 is 0 Å². The van der Waals surface area contributed by atoms with E-state index in [2.05, 4.69) is 9.38 Å². The van der Waals surface area contributed by atoms with E-state index in [0.29, 0.717) is 0 Å². The first-order valence-electron chi connectivity index (χ1n) is 6.11. The van der Waals surface area contributed by atoms with Crippen LogP contribution in [0.25, 0.3) is 17.7 Å². The van der Waals surface area contributed by atoms with Gasteiger partial charge in [0.2, 0.25) is 0 Å². The molecule has 3 heteroatoms. The van der Waals surface area contributed by atoms with Gasteiger partial charge in [-0.3, -0.25) is 0 Å². The lowest BCUT2D eigenvalue weighted by Gasteiger charge is -1.99.